The fourth-order valence-corrected chi connectivity index (χ4v) is 3.28. The van der Waals surface area contributed by atoms with Crippen LogP contribution in [0.4, 0.5) is 5.69 Å². The van der Waals surface area contributed by atoms with Crippen molar-refractivity contribution < 1.29 is 4.79 Å². The van der Waals surface area contributed by atoms with Crippen LogP contribution in [0.25, 0.3) is 6.08 Å². The number of nitriles is 1. The quantitative estimate of drug-likeness (QED) is 0.233. The van der Waals surface area contributed by atoms with Crippen LogP contribution < -0.4 is 10.6 Å². The molecule has 30 heavy (non-hydrogen) atoms. The minimum Gasteiger partial charge on any atom is -0.385 e. The third-order valence-electron chi connectivity index (χ3n) is 4.53. The van der Waals surface area contributed by atoms with Crippen LogP contribution in [0.1, 0.15) is 37.1 Å². The normalized spacial score (nSPS) is 12.3. The van der Waals surface area contributed by atoms with Crippen LogP contribution in [0.3, 0.4) is 0 Å². The SMILES string of the molecule is CCC(NC(=O)C(C#N)=Cc1cccc(Br)n1)c1ccc(NCCCN(C)C)cc1. The van der Waals surface area contributed by atoms with Gasteiger partial charge in [0.15, 0.2) is 0 Å². The van der Waals surface area contributed by atoms with Crippen molar-refractivity contribution in [3.8, 4) is 6.07 Å². The van der Waals surface area contributed by atoms with Crippen LogP contribution in [0.5, 0.6) is 0 Å². The molecule has 1 aromatic carbocycles. The van der Waals surface area contributed by atoms with Crippen molar-refractivity contribution >= 4 is 33.6 Å². The summed E-state index contributed by atoms with van der Waals surface area (Å²) in [5, 5.41) is 15.8. The lowest BCUT2D eigenvalue weighted by molar-refractivity contribution is -0.117. The molecule has 1 atom stereocenters. The zero-order chi connectivity index (χ0) is 21.9. The number of amides is 1. The van der Waals surface area contributed by atoms with Crippen LogP contribution >= 0.6 is 15.9 Å². The molecule has 0 radical (unpaired) electrons. The first-order valence-corrected chi connectivity index (χ1v) is 10.8. The third-order valence-corrected chi connectivity index (χ3v) is 4.97. The summed E-state index contributed by atoms with van der Waals surface area (Å²) in [6, 6.07) is 15.2. The largest absolute Gasteiger partial charge is 0.385 e. The first-order chi connectivity index (χ1) is 14.4. The molecule has 2 rings (SSSR count). The number of carbonyl (C=O) groups is 1. The zero-order valence-electron chi connectivity index (χ0n) is 17.7. The molecular weight excluding hydrogens is 442 g/mol. The van der Waals surface area contributed by atoms with Gasteiger partial charge in [0, 0.05) is 12.2 Å². The molecule has 0 fully saturated rings. The number of nitrogens with one attached hydrogen (secondary N) is 2. The minimum atomic E-state index is -0.406. The number of carbonyl (C=O) groups excluding carboxylic acids is 1. The van der Waals surface area contributed by atoms with E-state index in [2.05, 4.69) is 50.5 Å². The second-order valence-electron chi connectivity index (χ2n) is 7.19. The summed E-state index contributed by atoms with van der Waals surface area (Å²) in [5.41, 5.74) is 2.63. The van der Waals surface area contributed by atoms with Gasteiger partial charge >= 0.3 is 0 Å². The van der Waals surface area contributed by atoms with Crippen LogP contribution in [0, 0.1) is 11.3 Å². The van der Waals surface area contributed by atoms with Gasteiger partial charge in [-0.2, -0.15) is 5.26 Å². The van der Waals surface area contributed by atoms with Crippen LogP contribution in [-0.2, 0) is 4.79 Å². The molecule has 0 aliphatic heterocycles. The van der Waals surface area contributed by atoms with Crippen LogP contribution in [0.2, 0.25) is 0 Å². The molecule has 1 unspecified atom stereocenters. The van der Waals surface area contributed by atoms with E-state index in [1.165, 1.54) is 6.08 Å². The number of pyridine rings is 1. The van der Waals surface area contributed by atoms with E-state index in [1.54, 1.807) is 18.2 Å². The molecule has 0 bridgehead atoms. The van der Waals surface area contributed by atoms with Crippen molar-refractivity contribution in [3.05, 3.63) is 63.9 Å². The maximum atomic E-state index is 12.6. The molecule has 1 amide bonds. The molecule has 2 N–H and O–H groups in total. The van der Waals surface area contributed by atoms with E-state index < -0.39 is 5.91 Å². The van der Waals surface area contributed by atoms with Gasteiger partial charge in [-0.15, -0.1) is 0 Å². The molecule has 6 nitrogen and oxygen atoms in total. The Morgan fingerprint density at radius 1 is 1.27 bits per heavy atom. The summed E-state index contributed by atoms with van der Waals surface area (Å²) in [5.74, 6) is -0.406. The standard InChI is InChI=1S/C23H28BrN5O/c1-4-21(17-9-11-19(12-10-17)26-13-6-14-29(2)3)28-23(30)18(16-25)15-20-7-5-8-22(24)27-20/h5,7-12,15,21,26H,4,6,13-14H2,1-3H3,(H,28,30). The molecule has 0 saturated carbocycles. The van der Waals surface area contributed by atoms with Gasteiger partial charge in [0.1, 0.15) is 16.2 Å². The van der Waals surface area contributed by atoms with E-state index in [0.29, 0.717) is 10.3 Å². The number of hydrogen-bond acceptors (Lipinski definition) is 5. The maximum absolute atomic E-state index is 12.6. The van der Waals surface area contributed by atoms with Gasteiger partial charge in [0.05, 0.1) is 11.7 Å². The Bertz CT molecular complexity index is 903. The summed E-state index contributed by atoms with van der Waals surface area (Å²) in [7, 11) is 4.13. The zero-order valence-corrected chi connectivity index (χ0v) is 19.2. The number of nitrogens with zero attached hydrogens (tertiary/aromatic N) is 3. The average Bonchev–Trinajstić information content (AvgIpc) is 2.73. The van der Waals surface area contributed by atoms with Gasteiger partial charge in [0.25, 0.3) is 5.91 Å². The molecular formula is C23H28BrN5O. The van der Waals surface area contributed by atoms with Gasteiger partial charge in [-0.1, -0.05) is 25.1 Å². The van der Waals surface area contributed by atoms with Crippen molar-refractivity contribution in [2.45, 2.75) is 25.8 Å². The highest BCUT2D eigenvalue weighted by atomic mass is 79.9. The second kappa shape index (κ2) is 12.1. The van der Waals surface area contributed by atoms with E-state index in [1.807, 2.05) is 37.3 Å². The van der Waals surface area contributed by atoms with Crippen LogP contribution in [-0.4, -0.2) is 43.0 Å². The van der Waals surface area contributed by atoms with Crippen molar-refractivity contribution in [2.24, 2.45) is 0 Å². The Hall–Kier alpha value is -2.69. The summed E-state index contributed by atoms with van der Waals surface area (Å²) in [4.78, 5) is 19.1. The number of benzene rings is 1. The minimum absolute atomic E-state index is 0.0261. The fraction of sp³-hybridized carbons (Fsp3) is 0.348. The van der Waals surface area contributed by atoms with E-state index >= 15 is 0 Å². The van der Waals surface area contributed by atoms with E-state index in [0.717, 1.165) is 37.2 Å². The lowest BCUT2D eigenvalue weighted by Gasteiger charge is -2.18. The van der Waals surface area contributed by atoms with Gasteiger partial charge in [-0.25, -0.2) is 4.98 Å². The predicted molar refractivity (Wildman–Crippen MR) is 125 cm³/mol. The summed E-state index contributed by atoms with van der Waals surface area (Å²) in [6.07, 6.45) is 3.28. The lowest BCUT2D eigenvalue weighted by atomic mass is 10.0. The van der Waals surface area contributed by atoms with Crippen molar-refractivity contribution in [1.82, 2.24) is 15.2 Å². The van der Waals surface area contributed by atoms with Gasteiger partial charge in [0.2, 0.25) is 0 Å². The number of aromatic nitrogens is 1. The summed E-state index contributed by atoms with van der Waals surface area (Å²) in [6.45, 7) is 3.95. The number of hydrogen-bond donors (Lipinski definition) is 2. The van der Waals surface area contributed by atoms with Crippen LogP contribution in [0.15, 0.2) is 52.6 Å². The Kier molecular flexibility index (Phi) is 9.52. The number of anilines is 1. The molecule has 0 aliphatic rings. The Morgan fingerprint density at radius 3 is 2.60 bits per heavy atom. The molecule has 7 heteroatoms. The highest BCUT2D eigenvalue weighted by Gasteiger charge is 2.16. The summed E-state index contributed by atoms with van der Waals surface area (Å²) >= 11 is 3.29. The fourth-order valence-electron chi connectivity index (χ4n) is 2.92. The molecule has 0 saturated heterocycles. The smallest absolute Gasteiger partial charge is 0.262 e. The molecule has 0 spiro atoms. The highest BCUT2D eigenvalue weighted by Crippen LogP contribution is 2.20. The maximum Gasteiger partial charge on any atom is 0.262 e. The average molecular weight is 470 g/mol. The Morgan fingerprint density at radius 2 is 2.00 bits per heavy atom. The van der Waals surface area contributed by atoms with E-state index in [-0.39, 0.29) is 11.6 Å². The first-order valence-electron chi connectivity index (χ1n) is 9.96. The number of halogens is 1. The van der Waals surface area contributed by atoms with E-state index in [9.17, 15) is 10.1 Å². The third kappa shape index (κ3) is 7.62. The lowest BCUT2D eigenvalue weighted by Crippen LogP contribution is -2.29. The topological polar surface area (TPSA) is 81.0 Å². The molecule has 0 aliphatic carbocycles. The summed E-state index contributed by atoms with van der Waals surface area (Å²) < 4.78 is 0.649. The Labute approximate surface area is 187 Å². The Balaban J connectivity index is 2.01. The van der Waals surface area contributed by atoms with Crippen molar-refractivity contribution in [3.63, 3.8) is 0 Å². The van der Waals surface area contributed by atoms with E-state index in [4.69, 9.17) is 0 Å². The van der Waals surface area contributed by atoms with Gasteiger partial charge in [-0.05, 0) is 85.3 Å². The van der Waals surface area contributed by atoms with Crippen molar-refractivity contribution in [1.29, 1.82) is 5.26 Å². The van der Waals surface area contributed by atoms with Crippen molar-refractivity contribution in [2.75, 3.05) is 32.5 Å². The number of rotatable bonds is 10. The molecule has 1 heterocycles. The molecule has 2 aromatic rings. The second-order valence-corrected chi connectivity index (χ2v) is 8.01. The highest BCUT2D eigenvalue weighted by molar-refractivity contribution is 9.10. The van der Waals surface area contributed by atoms with Gasteiger partial charge in [-0.3, -0.25) is 4.79 Å². The predicted octanol–water partition coefficient (Wildman–Crippen LogP) is 4.38. The first kappa shape index (κ1) is 23.6. The van der Waals surface area contributed by atoms with Gasteiger partial charge < -0.3 is 15.5 Å². The molecule has 158 valence electrons. The molecule has 1 aromatic heterocycles. The monoisotopic (exact) mass is 469 g/mol.